The first kappa shape index (κ1) is 24.9. The number of aromatic nitrogens is 1. The van der Waals surface area contributed by atoms with Crippen LogP contribution in [-0.4, -0.2) is 28.0 Å². The van der Waals surface area contributed by atoms with Gasteiger partial charge in [-0.3, -0.25) is 0 Å². The molecule has 40 heavy (non-hydrogen) atoms. The number of aryl methyl sites for hydroxylation is 2. The monoisotopic (exact) mass is 525 g/mol. The lowest BCUT2D eigenvalue weighted by Crippen LogP contribution is -2.37. The van der Waals surface area contributed by atoms with Crippen molar-refractivity contribution in [2.45, 2.75) is 53.1 Å². The van der Waals surface area contributed by atoms with E-state index in [1.165, 1.54) is 66.6 Å². The molecule has 7 rings (SSSR count). The lowest BCUT2D eigenvalue weighted by Gasteiger charge is -2.22. The van der Waals surface area contributed by atoms with Crippen LogP contribution in [0.3, 0.4) is 0 Å². The predicted molar refractivity (Wildman–Crippen MR) is 167 cm³/mol. The second kappa shape index (κ2) is 9.23. The number of hydrogen-bond donors (Lipinski definition) is 0. The molecular formula is C37H37N2O+. The van der Waals surface area contributed by atoms with Gasteiger partial charge in [0.25, 0.3) is 0 Å². The number of fused-ring (bicyclic) bond motifs is 6. The van der Waals surface area contributed by atoms with Gasteiger partial charge in [-0.2, -0.15) is 0 Å². The summed E-state index contributed by atoms with van der Waals surface area (Å²) >= 11 is 0. The van der Waals surface area contributed by atoms with Crippen molar-refractivity contribution in [1.82, 2.24) is 4.57 Å². The van der Waals surface area contributed by atoms with Gasteiger partial charge >= 0.3 is 0 Å². The summed E-state index contributed by atoms with van der Waals surface area (Å²) in [6, 6.07) is 27.0. The largest absolute Gasteiger partial charge is 0.478 e. The second-order valence-electron chi connectivity index (χ2n) is 12.1. The van der Waals surface area contributed by atoms with Crippen LogP contribution in [0.1, 0.15) is 53.1 Å². The molecule has 3 heteroatoms. The molecule has 0 saturated heterocycles. The van der Waals surface area contributed by atoms with E-state index < -0.39 is 0 Å². The van der Waals surface area contributed by atoms with Crippen LogP contribution in [0.2, 0.25) is 0 Å². The Labute approximate surface area is 237 Å². The van der Waals surface area contributed by atoms with E-state index in [2.05, 4.69) is 136 Å². The summed E-state index contributed by atoms with van der Waals surface area (Å²) in [5.74, 6) is 1.74. The molecule has 0 aliphatic carbocycles. The third-order valence-corrected chi connectivity index (χ3v) is 8.85. The van der Waals surface area contributed by atoms with Crippen LogP contribution >= 0.6 is 0 Å². The minimum Gasteiger partial charge on any atom is -0.478 e. The van der Waals surface area contributed by atoms with Crippen LogP contribution in [0.25, 0.3) is 27.5 Å². The van der Waals surface area contributed by atoms with Gasteiger partial charge in [0.1, 0.15) is 12.8 Å². The Morgan fingerprint density at radius 3 is 2.52 bits per heavy atom. The maximum atomic E-state index is 6.77. The molecule has 200 valence electrons. The number of rotatable bonds is 4. The van der Waals surface area contributed by atoms with E-state index in [1.54, 1.807) is 0 Å². The summed E-state index contributed by atoms with van der Waals surface area (Å²) in [5, 5.41) is 2.63. The topological polar surface area (TPSA) is 17.2 Å². The van der Waals surface area contributed by atoms with Gasteiger partial charge in [0, 0.05) is 27.6 Å². The van der Waals surface area contributed by atoms with Gasteiger partial charge in [-0.05, 0) is 86.2 Å². The number of ether oxygens (including phenoxy) is 1. The number of nitrogens with zero attached hydrogens (tertiary/aromatic N) is 2. The van der Waals surface area contributed by atoms with Gasteiger partial charge in [0.2, 0.25) is 5.71 Å². The summed E-state index contributed by atoms with van der Waals surface area (Å²) in [6.45, 7) is 11.2. The average molecular weight is 526 g/mol. The van der Waals surface area contributed by atoms with Crippen LogP contribution in [0.5, 0.6) is 5.75 Å². The van der Waals surface area contributed by atoms with Crippen LogP contribution in [0, 0.1) is 26.7 Å². The molecule has 0 fully saturated rings. The van der Waals surface area contributed by atoms with E-state index in [0.29, 0.717) is 5.92 Å². The summed E-state index contributed by atoms with van der Waals surface area (Å²) < 4.78 is 11.5. The van der Waals surface area contributed by atoms with Crippen molar-refractivity contribution >= 4 is 27.5 Å². The highest BCUT2D eigenvalue weighted by molar-refractivity contribution is 6.10. The van der Waals surface area contributed by atoms with E-state index in [1.807, 2.05) is 0 Å². The molecule has 0 radical (unpaired) electrons. The van der Waals surface area contributed by atoms with Crippen molar-refractivity contribution in [3.8, 4) is 11.4 Å². The third kappa shape index (κ3) is 3.75. The van der Waals surface area contributed by atoms with Gasteiger partial charge in [-0.15, -0.1) is 0 Å². The van der Waals surface area contributed by atoms with Crippen LogP contribution in [0.15, 0.2) is 85.1 Å². The predicted octanol–water partition coefficient (Wildman–Crippen LogP) is 8.41. The van der Waals surface area contributed by atoms with Crippen molar-refractivity contribution in [2.75, 3.05) is 7.05 Å². The van der Waals surface area contributed by atoms with Crippen molar-refractivity contribution < 1.29 is 9.31 Å². The Morgan fingerprint density at radius 1 is 0.900 bits per heavy atom. The molecule has 4 aromatic carbocycles. The molecule has 0 spiro atoms. The fourth-order valence-electron chi connectivity index (χ4n) is 6.96. The highest BCUT2D eigenvalue weighted by Gasteiger charge is 2.44. The zero-order valence-electron chi connectivity index (χ0n) is 24.3. The minimum absolute atomic E-state index is 0.0465. The third-order valence-electron chi connectivity index (χ3n) is 8.85. The average Bonchev–Trinajstić information content (AvgIpc) is 3.46. The van der Waals surface area contributed by atoms with Gasteiger partial charge in [-0.1, -0.05) is 61.9 Å². The number of hydrogen-bond acceptors (Lipinski definition) is 1. The summed E-state index contributed by atoms with van der Waals surface area (Å²) in [6.07, 6.45) is 5.54. The molecule has 3 heterocycles. The first-order valence-corrected chi connectivity index (χ1v) is 14.5. The van der Waals surface area contributed by atoms with E-state index in [4.69, 9.17) is 4.74 Å². The Bertz CT molecular complexity index is 1880. The molecule has 1 aromatic heterocycles. The summed E-state index contributed by atoms with van der Waals surface area (Å²) in [7, 11) is 2.14. The van der Waals surface area contributed by atoms with Crippen molar-refractivity contribution in [2.24, 2.45) is 5.92 Å². The maximum absolute atomic E-state index is 6.77. The van der Waals surface area contributed by atoms with E-state index >= 15 is 0 Å². The van der Waals surface area contributed by atoms with Gasteiger partial charge in [-0.25, -0.2) is 4.58 Å². The van der Waals surface area contributed by atoms with Crippen LogP contribution in [-0.2, 0) is 6.42 Å². The summed E-state index contributed by atoms with van der Waals surface area (Å²) in [5.41, 5.74) is 12.9. The quantitative estimate of drug-likeness (QED) is 0.215. The number of benzene rings is 4. The van der Waals surface area contributed by atoms with E-state index in [9.17, 15) is 0 Å². The van der Waals surface area contributed by atoms with Crippen molar-refractivity contribution in [3.05, 3.63) is 118 Å². The van der Waals surface area contributed by atoms with E-state index in [-0.39, 0.29) is 12.0 Å². The van der Waals surface area contributed by atoms with Crippen LogP contribution < -0.4 is 4.74 Å². The molecule has 2 aliphatic rings. The van der Waals surface area contributed by atoms with Gasteiger partial charge in [0.15, 0.2) is 12.3 Å². The fourth-order valence-corrected chi connectivity index (χ4v) is 6.96. The molecule has 2 unspecified atom stereocenters. The van der Waals surface area contributed by atoms with Crippen LogP contribution in [0.4, 0.5) is 0 Å². The first-order chi connectivity index (χ1) is 19.3. The highest BCUT2D eigenvalue weighted by Crippen LogP contribution is 2.44. The molecule has 2 aliphatic heterocycles. The Morgan fingerprint density at radius 2 is 1.70 bits per heavy atom. The SMILES string of the molecule is Cc1cc(C)c(C)c(C2=[N+](C)C=CC3c4cc(-n5c6ccccc6c6cccc(CC(C)C)c65)ccc4OC23)c1. The molecule has 0 amide bonds. The Balaban J connectivity index is 1.39. The lowest BCUT2D eigenvalue weighted by atomic mass is 9.85. The lowest BCUT2D eigenvalue weighted by molar-refractivity contribution is -0.427. The van der Waals surface area contributed by atoms with Crippen molar-refractivity contribution in [3.63, 3.8) is 0 Å². The maximum Gasteiger partial charge on any atom is 0.230 e. The molecule has 2 atom stereocenters. The molecular weight excluding hydrogens is 488 g/mol. The first-order valence-electron chi connectivity index (χ1n) is 14.5. The number of para-hydroxylation sites is 2. The van der Waals surface area contributed by atoms with Gasteiger partial charge < -0.3 is 9.30 Å². The molecule has 0 N–H and O–H groups in total. The second-order valence-corrected chi connectivity index (χ2v) is 12.1. The Kier molecular flexibility index (Phi) is 5.75. The van der Waals surface area contributed by atoms with E-state index in [0.717, 1.165) is 12.2 Å². The Hall–Kier alpha value is -4.11. The standard InChI is InChI=1S/C37H37N2O/c1-22(2)18-26-10-9-12-29-28-11-7-8-13-33(28)39(35(26)29)27-14-15-34-32(21-27)30-16-17-38(6)36(37(30)40-34)31-20-23(3)19-24(4)25(31)5/h7-17,19-22,30,37H,18H2,1-6H3/q+1. The van der Waals surface area contributed by atoms with Crippen molar-refractivity contribution in [1.29, 1.82) is 0 Å². The smallest absolute Gasteiger partial charge is 0.230 e. The van der Waals surface area contributed by atoms with Gasteiger partial charge in [0.05, 0.1) is 17.0 Å². The molecule has 0 saturated carbocycles. The highest BCUT2D eigenvalue weighted by atomic mass is 16.5. The molecule has 3 nitrogen and oxygen atoms in total. The minimum atomic E-state index is -0.0465. The summed E-state index contributed by atoms with van der Waals surface area (Å²) in [4.78, 5) is 0. The molecule has 5 aromatic rings. The normalized spacial score (nSPS) is 18.1. The molecule has 0 bridgehead atoms. The zero-order valence-corrected chi connectivity index (χ0v) is 24.3. The zero-order chi connectivity index (χ0) is 27.7. The fraction of sp³-hybridized carbons (Fsp3) is 0.270.